The van der Waals surface area contributed by atoms with E-state index in [-0.39, 0.29) is 5.78 Å². The zero-order valence-electron chi connectivity index (χ0n) is 10.6. The van der Waals surface area contributed by atoms with Gasteiger partial charge in [-0.2, -0.15) is 5.26 Å². The Morgan fingerprint density at radius 1 is 1.67 bits per heavy atom. The summed E-state index contributed by atoms with van der Waals surface area (Å²) in [5.74, 6) is 0.619. The predicted molar refractivity (Wildman–Crippen MR) is 73.9 cm³/mol. The molecule has 96 valence electrons. The number of rotatable bonds is 5. The zero-order chi connectivity index (χ0) is 13.3. The Morgan fingerprint density at radius 2 is 2.39 bits per heavy atom. The Kier molecular flexibility index (Phi) is 3.58. The molecule has 1 aromatic heterocycles. The average molecular weight is 263 g/mol. The van der Waals surface area contributed by atoms with Gasteiger partial charge in [-0.1, -0.05) is 13.3 Å². The molecule has 0 bridgehead atoms. The zero-order valence-corrected chi connectivity index (χ0v) is 11.4. The van der Waals surface area contributed by atoms with Crippen LogP contribution < -0.4 is 11.1 Å². The van der Waals surface area contributed by atoms with E-state index >= 15 is 0 Å². The maximum absolute atomic E-state index is 11.4. The number of nitriles is 1. The Bertz CT molecular complexity index is 515. The molecule has 1 heterocycles. The van der Waals surface area contributed by atoms with Crippen LogP contribution in [-0.2, 0) is 0 Å². The highest BCUT2D eigenvalue weighted by Crippen LogP contribution is 2.42. The lowest BCUT2D eigenvalue weighted by molar-refractivity contribution is 0.102. The quantitative estimate of drug-likeness (QED) is 0.800. The maximum Gasteiger partial charge on any atom is 0.171 e. The first-order valence-corrected chi connectivity index (χ1v) is 7.00. The summed E-state index contributed by atoms with van der Waals surface area (Å²) < 4.78 is 0. The van der Waals surface area contributed by atoms with Crippen LogP contribution in [0.1, 0.15) is 48.3 Å². The number of carbonyl (C=O) groups is 1. The van der Waals surface area contributed by atoms with Crippen LogP contribution in [0, 0.1) is 17.2 Å². The molecule has 1 aliphatic rings. The lowest BCUT2D eigenvalue weighted by Crippen LogP contribution is -2.04. The summed E-state index contributed by atoms with van der Waals surface area (Å²) in [6.07, 6.45) is 3.53. The van der Waals surface area contributed by atoms with E-state index in [1.807, 2.05) is 0 Å². The van der Waals surface area contributed by atoms with Crippen molar-refractivity contribution in [2.45, 2.75) is 39.2 Å². The van der Waals surface area contributed by atoms with Gasteiger partial charge in [-0.05, 0) is 18.8 Å². The molecule has 5 heteroatoms. The van der Waals surface area contributed by atoms with Gasteiger partial charge in [-0.3, -0.25) is 4.79 Å². The minimum absolute atomic E-state index is 0.0806. The molecule has 4 nitrogen and oxygen atoms in total. The second kappa shape index (κ2) is 4.99. The summed E-state index contributed by atoms with van der Waals surface area (Å²) in [4.78, 5) is 11.9. The van der Waals surface area contributed by atoms with Gasteiger partial charge >= 0.3 is 0 Å². The van der Waals surface area contributed by atoms with E-state index in [0.29, 0.717) is 28.1 Å². The molecule has 1 aromatic rings. The van der Waals surface area contributed by atoms with Crippen LogP contribution in [0.15, 0.2) is 0 Å². The van der Waals surface area contributed by atoms with Crippen LogP contribution in [0.5, 0.6) is 0 Å². The van der Waals surface area contributed by atoms with E-state index < -0.39 is 0 Å². The largest absolute Gasteiger partial charge is 0.396 e. The van der Waals surface area contributed by atoms with E-state index in [0.717, 1.165) is 11.4 Å². The molecule has 0 amide bonds. The molecule has 1 saturated carbocycles. The molecule has 0 aromatic carbocycles. The molecule has 0 saturated heterocycles. The van der Waals surface area contributed by atoms with E-state index in [9.17, 15) is 4.79 Å². The Labute approximate surface area is 111 Å². The topological polar surface area (TPSA) is 78.9 Å². The van der Waals surface area contributed by atoms with Crippen molar-refractivity contribution in [1.82, 2.24) is 0 Å². The second-order valence-electron chi connectivity index (χ2n) is 4.75. The summed E-state index contributed by atoms with van der Waals surface area (Å²) in [7, 11) is 0. The number of anilines is 2. The van der Waals surface area contributed by atoms with Crippen molar-refractivity contribution in [2.75, 3.05) is 11.1 Å². The van der Waals surface area contributed by atoms with Crippen molar-refractivity contribution in [3.05, 3.63) is 10.4 Å². The third-order valence-electron chi connectivity index (χ3n) is 3.28. The fraction of sp³-hybridized carbons (Fsp3) is 0.538. The lowest BCUT2D eigenvalue weighted by atomic mass is 10.2. The third-order valence-corrected chi connectivity index (χ3v) is 4.51. The van der Waals surface area contributed by atoms with Gasteiger partial charge in [0.25, 0.3) is 0 Å². The van der Waals surface area contributed by atoms with Crippen molar-refractivity contribution < 1.29 is 4.79 Å². The molecule has 1 aliphatic carbocycles. The van der Waals surface area contributed by atoms with Gasteiger partial charge in [0.05, 0.1) is 10.6 Å². The highest BCUT2D eigenvalue weighted by molar-refractivity contribution is 7.19. The smallest absolute Gasteiger partial charge is 0.171 e. The standard InChI is InChI=1S/C13H17N3OS/c1-3-4-8-5-10(8)16-13-9(6-14)11(15)12(18-13)7(2)17/h8,10,16H,3-5,15H2,1-2H3. The number of Topliss-reactive ketones (excluding diaryl/α,β-unsaturated/α-hetero) is 1. The van der Waals surface area contributed by atoms with Gasteiger partial charge in [0.1, 0.15) is 16.6 Å². The van der Waals surface area contributed by atoms with E-state index in [2.05, 4.69) is 18.3 Å². The first kappa shape index (κ1) is 12.9. The minimum Gasteiger partial charge on any atom is -0.396 e. The first-order chi connectivity index (χ1) is 8.58. The van der Waals surface area contributed by atoms with Crippen molar-refractivity contribution >= 4 is 27.8 Å². The van der Waals surface area contributed by atoms with Gasteiger partial charge in [0.2, 0.25) is 0 Å². The highest BCUT2D eigenvalue weighted by Gasteiger charge is 2.37. The number of nitrogens with one attached hydrogen (secondary N) is 1. The fourth-order valence-corrected chi connectivity index (χ4v) is 3.23. The summed E-state index contributed by atoms with van der Waals surface area (Å²) in [6.45, 7) is 3.65. The fourth-order valence-electron chi connectivity index (χ4n) is 2.20. The predicted octanol–water partition coefficient (Wildman–Crippen LogP) is 3.01. The number of nitrogens with two attached hydrogens (primary N) is 1. The molecular formula is C13H17N3OS. The summed E-state index contributed by atoms with van der Waals surface area (Å²) in [6, 6.07) is 2.53. The van der Waals surface area contributed by atoms with Gasteiger partial charge in [-0.25, -0.2) is 0 Å². The number of hydrogen-bond donors (Lipinski definition) is 2. The summed E-state index contributed by atoms with van der Waals surface area (Å²) >= 11 is 1.30. The van der Waals surface area contributed by atoms with Crippen molar-refractivity contribution in [3.63, 3.8) is 0 Å². The number of ketones is 1. The molecular weight excluding hydrogens is 246 g/mol. The van der Waals surface area contributed by atoms with Gasteiger partial charge in [-0.15, -0.1) is 11.3 Å². The first-order valence-electron chi connectivity index (χ1n) is 6.18. The molecule has 2 atom stereocenters. The maximum atomic E-state index is 11.4. The molecule has 0 spiro atoms. The number of nitrogens with zero attached hydrogens (tertiary/aromatic N) is 1. The molecule has 0 radical (unpaired) electrons. The van der Waals surface area contributed by atoms with E-state index in [4.69, 9.17) is 11.0 Å². The number of hydrogen-bond acceptors (Lipinski definition) is 5. The Balaban J connectivity index is 2.16. The Hall–Kier alpha value is -1.54. The van der Waals surface area contributed by atoms with Crippen LogP contribution in [0.3, 0.4) is 0 Å². The number of thiophene rings is 1. The number of nitrogen functional groups attached to an aromatic ring is 1. The highest BCUT2D eigenvalue weighted by atomic mass is 32.1. The van der Waals surface area contributed by atoms with Crippen LogP contribution in [0.25, 0.3) is 0 Å². The normalized spacial score (nSPS) is 21.4. The lowest BCUT2D eigenvalue weighted by Gasteiger charge is -2.02. The van der Waals surface area contributed by atoms with E-state index in [1.165, 1.54) is 31.1 Å². The average Bonchev–Trinajstić information content (AvgIpc) is 2.95. The molecule has 0 aliphatic heterocycles. The van der Waals surface area contributed by atoms with Gasteiger partial charge in [0, 0.05) is 13.0 Å². The van der Waals surface area contributed by atoms with Gasteiger partial charge in [0.15, 0.2) is 5.78 Å². The van der Waals surface area contributed by atoms with Crippen LogP contribution >= 0.6 is 11.3 Å². The molecule has 2 unspecified atom stereocenters. The monoisotopic (exact) mass is 263 g/mol. The Morgan fingerprint density at radius 3 is 2.94 bits per heavy atom. The minimum atomic E-state index is -0.0806. The van der Waals surface area contributed by atoms with Crippen LogP contribution in [0.4, 0.5) is 10.7 Å². The summed E-state index contributed by atoms with van der Waals surface area (Å²) in [5, 5.41) is 13.2. The van der Waals surface area contributed by atoms with Crippen molar-refractivity contribution in [1.29, 1.82) is 5.26 Å². The third kappa shape index (κ3) is 2.34. The molecule has 1 fully saturated rings. The second-order valence-corrected chi connectivity index (χ2v) is 5.77. The van der Waals surface area contributed by atoms with Crippen molar-refractivity contribution in [3.8, 4) is 6.07 Å². The van der Waals surface area contributed by atoms with E-state index in [1.54, 1.807) is 0 Å². The summed E-state index contributed by atoms with van der Waals surface area (Å²) in [5.41, 5.74) is 6.58. The molecule has 2 rings (SSSR count). The molecule has 18 heavy (non-hydrogen) atoms. The number of carbonyl (C=O) groups excluding carboxylic acids is 1. The molecule has 3 N–H and O–H groups in total. The van der Waals surface area contributed by atoms with Crippen molar-refractivity contribution in [2.24, 2.45) is 5.92 Å². The SMILES string of the molecule is CCCC1CC1Nc1sc(C(C)=O)c(N)c1C#N. The van der Waals surface area contributed by atoms with Crippen LogP contribution in [0.2, 0.25) is 0 Å². The van der Waals surface area contributed by atoms with Gasteiger partial charge < -0.3 is 11.1 Å². The van der Waals surface area contributed by atoms with Crippen LogP contribution in [-0.4, -0.2) is 11.8 Å².